The number of furan rings is 1. The molecule has 7 nitrogen and oxygen atoms in total. The molecule has 0 saturated carbocycles. The van der Waals surface area contributed by atoms with Gasteiger partial charge in [-0.15, -0.1) is 24.0 Å². The second kappa shape index (κ2) is 12.6. The van der Waals surface area contributed by atoms with E-state index in [1.165, 1.54) is 11.8 Å². The molecule has 0 atom stereocenters. The summed E-state index contributed by atoms with van der Waals surface area (Å²) in [4.78, 5) is 21.3. The molecule has 1 aromatic carbocycles. The lowest BCUT2D eigenvalue weighted by Gasteiger charge is -2.36. The summed E-state index contributed by atoms with van der Waals surface area (Å²) >= 11 is 0. The van der Waals surface area contributed by atoms with E-state index in [-0.39, 0.29) is 29.9 Å². The van der Waals surface area contributed by atoms with Crippen LogP contribution in [0.4, 0.5) is 0 Å². The van der Waals surface area contributed by atoms with Crippen LogP contribution >= 0.6 is 24.0 Å². The van der Waals surface area contributed by atoms with Crippen molar-refractivity contribution in [3.05, 3.63) is 59.5 Å². The van der Waals surface area contributed by atoms with E-state index in [1.807, 2.05) is 11.8 Å². The zero-order valence-corrected chi connectivity index (χ0v) is 20.0. The summed E-state index contributed by atoms with van der Waals surface area (Å²) in [5.74, 6) is 1.23. The fraction of sp³-hybridized carbons (Fsp3) is 0.455. The van der Waals surface area contributed by atoms with Crippen molar-refractivity contribution >= 4 is 35.8 Å². The van der Waals surface area contributed by atoms with Gasteiger partial charge in [-0.1, -0.05) is 24.3 Å². The molecule has 164 valence electrons. The van der Waals surface area contributed by atoms with Gasteiger partial charge in [0.15, 0.2) is 11.7 Å². The van der Waals surface area contributed by atoms with Gasteiger partial charge in [-0.25, -0.2) is 4.99 Å². The van der Waals surface area contributed by atoms with Crippen molar-refractivity contribution in [1.29, 1.82) is 0 Å². The smallest absolute Gasteiger partial charge is 0.289 e. The number of ether oxygens (including phenoxy) is 1. The first-order valence-electron chi connectivity index (χ1n) is 10.2. The van der Waals surface area contributed by atoms with Crippen molar-refractivity contribution in [1.82, 2.24) is 15.1 Å². The maximum atomic E-state index is 12.4. The number of piperazine rings is 1. The van der Waals surface area contributed by atoms with Crippen LogP contribution in [0.25, 0.3) is 0 Å². The highest BCUT2D eigenvalue weighted by Gasteiger charge is 2.25. The zero-order chi connectivity index (χ0) is 20.5. The molecule has 0 spiro atoms. The SMILES string of the molecule is CCNC(=NCc1ccc(COCC)cc1)N1CCN(C(=O)c2ccco2)CC1.I. The van der Waals surface area contributed by atoms with E-state index in [9.17, 15) is 4.79 Å². The zero-order valence-electron chi connectivity index (χ0n) is 17.7. The van der Waals surface area contributed by atoms with E-state index in [4.69, 9.17) is 14.1 Å². The summed E-state index contributed by atoms with van der Waals surface area (Å²) in [5, 5.41) is 3.37. The van der Waals surface area contributed by atoms with Gasteiger partial charge in [0, 0.05) is 39.3 Å². The van der Waals surface area contributed by atoms with E-state index in [0.717, 1.165) is 37.8 Å². The number of nitrogens with zero attached hydrogens (tertiary/aromatic N) is 3. The van der Waals surface area contributed by atoms with Gasteiger partial charge in [0.1, 0.15) is 0 Å². The molecular weight excluding hydrogens is 495 g/mol. The number of carbonyl (C=O) groups is 1. The third kappa shape index (κ3) is 6.73. The molecule has 0 bridgehead atoms. The van der Waals surface area contributed by atoms with Gasteiger partial charge < -0.3 is 24.3 Å². The fourth-order valence-electron chi connectivity index (χ4n) is 3.23. The summed E-state index contributed by atoms with van der Waals surface area (Å²) in [6.07, 6.45) is 1.53. The Morgan fingerprint density at radius 3 is 2.33 bits per heavy atom. The van der Waals surface area contributed by atoms with Crippen molar-refractivity contribution in [3.8, 4) is 0 Å². The first-order valence-corrected chi connectivity index (χ1v) is 10.2. The van der Waals surface area contributed by atoms with Gasteiger partial charge in [0.25, 0.3) is 5.91 Å². The molecule has 1 fully saturated rings. The Hall–Kier alpha value is -2.07. The van der Waals surface area contributed by atoms with Crippen LogP contribution in [0.15, 0.2) is 52.1 Å². The summed E-state index contributed by atoms with van der Waals surface area (Å²) < 4.78 is 10.7. The van der Waals surface area contributed by atoms with Crippen LogP contribution in [-0.4, -0.2) is 61.0 Å². The van der Waals surface area contributed by atoms with Gasteiger partial charge in [0.05, 0.1) is 19.4 Å². The number of amides is 1. The summed E-state index contributed by atoms with van der Waals surface area (Å²) in [7, 11) is 0. The predicted octanol–water partition coefficient (Wildman–Crippen LogP) is 3.36. The lowest BCUT2D eigenvalue weighted by Crippen LogP contribution is -2.53. The van der Waals surface area contributed by atoms with Crippen LogP contribution in [0.5, 0.6) is 0 Å². The molecule has 1 amide bonds. The van der Waals surface area contributed by atoms with Crippen LogP contribution < -0.4 is 5.32 Å². The lowest BCUT2D eigenvalue weighted by atomic mass is 10.1. The van der Waals surface area contributed by atoms with Gasteiger partial charge in [-0.2, -0.15) is 0 Å². The Morgan fingerprint density at radius 2 is 1.73 bits per heavy atom. The van der Waals surface area contributed by atoms with Gasteiger partial charge >= 0.3 is 0 Å². The first-order chi connectivity index (χ1) is 14.2. The molecule has 0 radical (unpaired) electrons. The monoisotopic (exact) mass is 526 g/mol. The molecule has 1 aliphatic rings. The molecule has 1 aromatic heterocycles. The summed E-state index contributed by atoms with van der Waals surface area (Å²) in [6, 6.07) is 11.8. The van der Waals surface area contributed by atoms with Gasteiger partial charge in [-0.3, -0.25) is 4.79 Å². The fourth-order valence-corrected chi connectivity index (χ4v) is 3.23. The molecule has 2 heterocycles. The highest BCUT2D eigenvalue weighted by Crippen LogP contribution is 2.11. The van der Waals surface area contributed by atoms with Crippen LogP contribution in [0.1, 0.15) is 35.5 Å². The Balaban J connectivity index is 0.00000320. The highest BCUT2D eigenvalue weighted by molar-refractivity contribution is 14.0. The first kappa shape index (κ1) is 24.2. The second-order valence-electron chi connectivity index (χ2n) is 6.88. The number of halogens is 1. The third-order valence-electron chi connectivity index (χ3n) is 4.84. The second-order valence-corrected chi connectivity index (χ2v) is 6.88. The van der Waals surface area contributed by atoms with Crippen LogP contribution in [0.2, 0.25) is 0 Å². The predicted molar refractivity (Wildman–Crippen MR) is 128 cm³/mol. The minimum atomic E-state index is -0.0521. The number of nitrogens with one attached hydrogen (secondary N) is 1. The Labute approximate surface area is 195 Å². The molecule has 1 saturated heterocycles. The molecule has 8 heteroatoms. The standard InChI is InChI=1S/C22H30N4O3.HI/c1-3-23-22(24-16-18-7-9-19(10-8-18)17-28-4-2)26-13-11-25(12-14-26)21(27)20-6-5-15-29-20;/h5-10,15H,3-4,11-14,16-17H2,1-2H3,(H,23,24);1H. The van der Waals surface area contributed by atoms with Crippen molar-refractivity contribution in [2.45, 2.75) is 27.0 Å². The van der Waals surface area contributed by atoms with E-state index in [2.05, 4.69) is 41.4 Å². The van der Waals surface area contributed by atoms with Crippen molar-refractivity contribution < 1.29 is 13.9 Å². The normalized spacial score (nSPS) is 14.4. The molecule has 1 aliphatic heterocycles. The summed E-state index contributed by atoms with van der Waals surface area (Å²) in [5.41, 5.74) is 2.33. The number of guanidine groups is 1. The molecule has 3 rings (SSSR count). The maximum Gasteiger partial charge on any atom is 0.289 e. The highest BCUT2D eigenvalue weighted by atomic mass is 127. The van der Waals surface area contributed by atoms with Crippen molar-refractivity contribution in [2.24, 2.45) is 4.99 Å². The number of carbonyl (C=O) groups excluding carboxylic acids is 1. The molecule has 2 aromatic rings. The molecule has 0 aliphatic carbocycles. The minimum Gasteiger partial charge on any atom is -0.459 e. The number of aliphatic imine (C=N–C) groups is 1. The number of hydrogen-bond donors (Lipinski definition) is 1. The Kier molecular flexibility index (Phi) is 10.2. The van der Waals surface area contributed by atoms with Crippen LogP contribution in [0, 0.1) is 0 Å². The topological polar surface area (TPSA) is 70.3 Å². The average Bonchev–Trinajstić information content (AvgIpc) is 3.30. The van der Waals surface area contributed by atoms with Crippen molar-refractivity contribution in [2.75, 3.05) is 39.3 Å². The summed E-state index contributed by atoms with van der Waals surface area (Å²) in [6.45, 7) is 9.62. The van der Waals surface area contributed by atoms with Crippen LogP contribution in [0.3, 0.4) is 0 Å². The number of benzene rings is 1. The molecule has 0 unspecified atom stereocenters. The van der Waals surface area contributed by atoms with Gasteiger partial charge in [-0.05, 0) is 37.1 Å². The quantitative estimate of drug-likeness (QED) is 0.341. The van der Waals surface area contributed by atoms with Gasteiger partial charge in [0.2, 0.25) is 0 Å². The number of rotatable bonds is 7. The third-order valence-corrected chi connectivity index (χ3v) is 4.84. The maximum absolute atomic E-state index is 12.4. The van der Waals surface area contributed by atoms with E-state index >= 15 is 0 Å². The van der Waals surface area contributed by atoms with Crippen LogP contribution in [-0.2, 0) is 17.9 Å². The molecule has 1 N–H and O–H groups in total. The number of hydrogen-bond acceptors (Lipinski definition) is 4. The van der Waals surface area contributed by atoms with E-state index in [0.29, 0.717) is 32.0 Å². The Bertz CT molecular complexity index is 785. The average molecular weight is 526 g/mol. The Morgan fingerprint density at radius 1 is 1.07 bits per heavy atom. The lowest BCUT2D eigenvalue weighted by molar-refractivity contribution is 0.0657. The minimum absolute atomic E-state index is 0. The molecular formula is C22H31IN4O3. The molecule has 30 heavy (non-hydrogen) atoms. The van der Waals surface area contributed by atoms with E-state index < -0.39 is 0 Å². The van der Waals surface area contributed by atoms with E-state index in [1.54, 1.807) is 12.1 Å². The van der Waals surface area contributed by atoms with Crippen molar-refractivity contribution in [3.63, 3.8) is 0 Å². The largest absolute Gasteiger partial charge is 0.459 e.